The Morgan fingerprint density at radius 1 is 1.47 bits per heavy atom. The molecule has 2 rings (SSSR count). The molecule has 1 aliphatic carbocycles. The Bertz CT molecular complexity index is 454. The summed E-state index contributed by atoms with van der Waals surface area (Å²) < 4.78 is 4.81. The van der Waals surface area contributed by atoms with Crippen LogP contribution in [0.15, 0.2) is 4.52 Å². The maximum Gasteiger partial charge on any atom is 0.328 e. The van der Waals surface area contributed by atoms with E-state index in [1.807, 2.05) is 0 Å². The Morgan fingerprint density at radius 2 is 2.18 bits per heavy atom. The van der Waals surface area contributed by atoms with Crippen LogP contribution in [-0.2, 0) is 4.79 Å². The third-order valence-corrected chi connectivity index (χ3v) is 3.10. The molecule has 1 aromatic heterocycles. The number of hydrogen-bond acceptors (Lipinski definition) is 5. The Morgan fingerprint density at radius 3 is 2.71 bits per heavy atom. The minimum atomic E-state index is -0.930. The largest absolute Gasteiger partial charge is 0.328 e. The molecule has 6 nitrogen and oxygen atoms in total. The van der Waals surface area contributed by atoms with Gasteiger partial charge in [0.25, 0.3) is 0 Å². The molecule has 1 fully saturated rings. The Balaban J connectivity index is 2.10. The van der Waals surface area contributed by atoms with E-state index in [-0.39, 0.29) is 11.9 Å². The summed E-state index contributed by atoms with van der Waals surface area (Å²) in [6.45, 7) is 1.67. The zero-order valence-electron chi connectivity index (χ0n) is 9.69. The fraction of sp³-hybridized carbons (Fsp3) is 0.636. The van der Waals surface area contributed by atoms with E-state index >= 15 is 0 Å². The van der Waals surface area contributed by atoms with Gasteiger partial charge < -0.3 is 4.52 Å². The number of nitrogens with zero attached hydrogens (tertiary/aromatic N) is 3. The molecule has 6 heteroatoms. The summed E-state index contributed by atoms with van der Waals surface area (Å²) in [5, 5.41) is 15.3. The maximum atomic E-state index is 12.1. The molecule has 0 aromatic carbocycles. The predicted molar refractivity (Wildman–Crippen MR) is 58.8 cm³/mol. The third kappa shape index (κ3) is 2.28. The normalized spacial score (nSPS) is 18.4. The first-order chi connectivity index (χ1) is 8.16. The molecule has 1 aliphatic rings. The Labute approximate surface area is 99.0 Å². The van der Waals surface area contributed by atoms with Crippen molar-refractivity contribution in [3.63, 3.8) is 0 Å². The maximum absolute atomic E-state index is 12.1. The number of carbonyl (C=O) groups is 1. The molecular formula is C11H14N4O2. The molecule has 0 unspecified atom stereocenters. The highest BCUT2D eigenvalue weighted by atomic mass is 16.5. The number of nitrogens with one attached hydrogen (secondary N) is 1. The van der Waals surface area contributed by atoms with E-state index in [9.17, 15) is 10.1 Å². The molecule has 1 saturated carbocycles. The van der Waals surface area contributed by atoms with E-state index < -0.39 is 5.41 Å². The van der Waals surface area contributed by atoms with Gasteiger partial charge in [-0.15, -0.1) is 0 Å². The second-order valence-corrected chi connectivity index (χ2v) is 4.36. The van der Waals surface area contributed by atoms with E-state index in [4.69, 9.17) is 4.52 Å². The number of nitriles is 1. The lowest BCUT2D eigenvalue weighted by molar-refractivity contribution is -0.124. The first-order valence-electron chi connectivity index (χ1n) is 5.69. The number of anilines is 1. The SMILES string of the molecule is Cc1noc(NC(=O)C2(C#N)CCCCC2)n1. The Hall–Kier alpha value is -1.90. The van der Waals surface area contributed by atoms with Crippen LogP contribution in [0.2, 0.25) is 0 Å². The lowest BCUT2D eigenvalue weighted by Gasteiger charge is -2.28. The minimum Gasteiger partial charge on any atom is -0.315 e. The summed E-state index contributed by atoms with van der Waals surface area (Å²) in [6, 6.07) is 2.21. The van der Waals surface area contributed by atoms with Crippen molar-refractivity contribution in [2.24, 2.45) is 5.41 Å². The van der Waals surface area contributed by atoms with E-state index in [1.165, 1.54) is 0 Å². The monoisotopic (exact) mass is 234 g/mol. The van der Waals surface area contributed by atoms with Gasteiger partial charge in [-0.3, -0.25) is 10.1 Å². The number of amides is 1. The molecule has 0 aliphatic heterocycles. The molecule has 1 N–H and O–H groups in total. The van der Waals surface area contributed by atoms with Crippen LogP contribution >= 0.6 is 0 Å². The van der Waals surface area contributed by atoms with Gasteiger partial charge in [0.05, 0.1) is 6.07 Å². The fourth-order valence-corrected chi connectivity index (χ4v) is 2.11. The summed E-state index contributed by atoms with van der Waals surface area (Å²) in [4.78, 5) is 16.0. The highest BCUT2D eigenvalue weighted by Gasteiger charge is 2.40. The van der Waals surface area contributed by atoms with Crippen molar-refractivity contribution in [3.8, 4) is 6.07 Å². The van der Waals surface area contributed by atoms with Gasteiger partial charge in [0, 0.05) is 0 Å². The smallest absolute Gasteiger partial charge is 0.315 e. The van der Waals surface area contributed by atoms with Gasteiger partial charge in [-0.25, -0.2) is 0 Å². The number of aryl methyl sites for hydroxylation is 1. The lowest BCUT2D eigenvalue weighted by Crippen LogP contribution is -2.36. The van der Waals surface area contributed by atoms with E-state index in [0.717, 1.165) is 19.3 Å². The number of hydrogen-bond donors (Lipinski definition) is 1. The summed E-state index contributed by atoms with van der Waals surface area (Å²) in [7, 11) is 0. The van der Waals surface area contributed by atoms with Crippen LogP contribution in [0, 0.1) is 23.7 Å². The van der Waals surface area contributed by atoms with Crippen LogP contribution in [0.4, 0.5) is 6.01 Å². The van der Waals surface area contributed by atoms with Crippen molar-refractivity contribution in [2.45, 2.75) is 39.0 Å². The van der Waals surface area contributed by atoms with Crippen molar-refractivity contribution < 1.29 is 9.32 Å². The van der Waals surface area contributed by atoms with Gasteiger partial charge in [0.1, 0.15) is 5.41 Å². The minimum absolute atomic E-state index is 0.0627. The third-order valence-electron chi connectivity index (χ3n) is 3.10. The van der Waals surface area contributed by atoms with Crippen LogP contribution in [-0.4, -0.2) is 16.0 Å². The molecule has 90 valence electrons. The summed E-state index contributed by atoms with van der Waals surface area (Å²) in [5.74, 6) is 0.123. The number of aromatic nitrogens is 2. The van der Waals surface area contributed by atoms with Crippen LogP contribution in [0.3, 0.4) is 0 Å². The van der Waals surface area contributed by atoms with Crippen molar-refractivity contribution in [1.29, 1.82) is 5.26 Å². The van der Waals surface area contributed by atoms with Gasteiger partial charge in [0.15, 0.2) is 5.82 Å². The average molecular weight is 234 g/mol. The lowest BCUT2D eigenvalue weighted by atomic mass is 9.74. The Kier molecular flexibility index (Phi) is 3.09. The molecule has 0 spiro atoms. The first kappa shape index (κ1) is 11.6. The zero-order valence-corrected chi connectivity index (χ0v) is 9.69. The van der Waals surface area contributed by atoms with Crippen molar-refractivity contribution >= 4 is 11.9 Å². The number of rotatable bonds is 2. The highest BCUT2D eigenvalue weighted by Crippen LogP contribution is 2.36. The summed E-state index contributed by atoms with van der Waals surface area (Å²) in [6.07, 6.45) is 4.09. The zero-order chi connectivity index (χ0) is 12.3. The van der Waals surface area contributed by atoms with Gasteiger partial charge in [-0.1, -0.05) is 24.4 Å². The molecule has 1 aromatic rings. The topological polar surface area (TPSA) is 91.8 Å². The second kappa shape index (κ2) is 4.53. The van der Waals surface area contributed by atoms with Crippen molar-refractivity contribution in [3.05, 3.63) is 5.82 Å². The van der Waals surface area contributed by atoms with Gasteiger partial charge in [-0.2, -0.15) is 10.2 Å². The van der Waals surface area contributed by atoms with Gasteiger partial charge in [0.2, 0.25) is 5.91 Å². The molecule has 1 heterocycles. The predicted octanol–water partition coefficient (Wildman–Crippen LogP) is 1.79. The van der Waals surface area contributed by atoms with Gasteiger partial charge in [-0.05, 0) is 19.8 Å². The van der Waals surface area contributed by atoms with Crippen LogP contribution in [0.1, 0.15) is 37.9 Å². The number of carbonyl (C=O) groups excluding carboxylic acids is 1. The van der Waals surface area contributed by atoms with Crippen LogP contribution in [0.5, 0.6) is 0 Å². The molecule has 0 saturated heterocycles. The van der Waals surface area contributed by atoms with Crippen LogP contribution in [0.25, 0.3) is 0 Å². The fourth-order valence-electron chi connectivity index (χ4n) is 2.11. The quantitative estimate of drug-likeness (QED) is 0.842. The first-order valence-corrected chi connectivity index (χ1v) is 5.69. The summed E-state index contributed by atoms with van der Waals surface area (Å²) in [5.41, 5.74) is -0.930. The van der Waals surface area contributed by atoms with Crippen molar-refractivity contribution in [2.75, 3.05) is 5.32 Å². The molecule has 17 heavy (non-hydrogen) atoms. The highest BCUT2D eigenvalue weighted by molar-refractivity contribution is 5.95. The van der Waals surface area contributed by atoms with Crippen molar-refractivity contribution in [1.82, 2.24) is 10.1 Å². The van der Waals surface area contributed by atoms with E-state index in [1.54, 1.807) is 6.92 Å². The average Bonchev–Trinajstić information content (AvgIpc) is 2.75. The molecule has 0 radical (unpaired) electrons. The van der Waals surface area contributed by atoms with E-state index in [2.05, 4.69) is 21.5 Å². The molecule has 0 atom stereocenters. The summed E-state index contributed by atoms with van der Waals surface area (Å²) >= 11 is 0. The molecule has 1 amide bonds. The van der Waals surface area contributed by atoms with Crippen LogP contribution < -0.4 is 5.32 Å². The standard InChI is InChI=1S/C11H14N4O2/c1-8-13-10(17-15-8)14-9(16)11(7-12)5-3-2-4-6-11/h2-6H2,1H3,(H,13,14,15,16). The molecule has 0 bridgehead atoms. The van der Waals surface area contributed by atoms with E-state index in [0.29, 0.717) is 18.7 Å². The molecular weight excluding hydrogens is 220 g/mol. The van der Waals surface area contributed by atoms with Gasteiger partial charge >= 0.3 is 6.01 Å². The second-order valence-electron chi connectivity index (χ2n) is 4.36.